The Kier molecular flexibility index (Phi) is 4.89. The lowest BCUT2D eigenvalue weighted by atomic mass is 10.2. The molecule has 1 heterocycles. The number of hydrogen-bond acceptors (Lipinski definition) is 4. The van der Waals surface area contributed by atoms with Gasteiger partial charge in [-0.1, -0.05) is 0 Å². The van der Waals surface area contributed by atoms with Gasteiger partial charge in [0.25, 0.3) is 0 Å². The van der Waals surface area contributed by atoms with E-state index < -0.39 is 17.9 Å². The standard InChI is InChI=1S/C10H16N2O5/c13-5-3-7(10(16)17)11-8(14)6-12-4-1-2-9(12)15/h7,13H,1-6H2,(H,11,14)(H,16,17)/t7-/m1/s1. The lowest BCUT2D eigenvalue weighted by Gasteiger charge is -2.17. The Morgan fingerprint density at radius 1 is 1.47 bits per heavy atom. The van der Waals surface area contributed by atoms with Gasteiger partial charge >= 0.3 is 5.97 Å². The van der Waals surface area contributed by atoms with E-state index in [4.69, 9.17) is 10.2 Å². The van der Waals surface area contributed by atoms with Gasteiger partial charge in [-0.2, -0.15) is 0 Å². The number of likely N-dealkylation sites (tertiary alicyclic amines) is 1. The van der Waals surface area contributed by atoms with E-state index in [1.807, 2.05) is 0 Å². The predicted octanol–water partition coefficient (Wildman–Crippen LogP) is -1.44. The van der Waals surface area contributed by atoms with E-state index in [0.717, 1.165) is 6.42 Å². The number of carboxylic acid groups (broad SMARTS) is 1. The van der Waals surface area contributed by atoms with Crippen molar-refractivity contribution >= 4 is 17.8 Å². The number of nitrogens with one attached hydrogen (secondary N) is 1. The number of aliphatic hydroxyl groups excluding tert-OH is 1. The van der Waals surface area contributed by atoms with Crippen LogP contribution in [0.4, 0.5) is 0 Å². The molecule has 0 aromatic carbocycles. The van der Waals surface area contributed by atoms with Gasteiger partial charge in [0.05, 0.1) is 6.54 Å². The number of hydrogen-bond donors (Lipinski definition) is 3. The van der Waals surface area contributed by atoms with Crippen LogP contribution < -0.4 is 5.32 Å². The Hall–Kier alpha value is -1.63. The fraction of sp³-hybridized carbons (Fsp3) is 0.700. The van der Waals surface area contributed by atoms with Crippen molar-refractivity contribution in [3.8, 4) is 0 Å². The smallest absolute Gasteiger partial charge is 0.326 e. The number of carbonyl (C=O) groups excluding carboxylic acids is 2. The minimum atomic E-state index is -1.19. The first kappa shape index (κ1) is 13.4. The molecule has 1 aliphatic heterocycles. The van der Waals surface area contributed by atoms with Crippen LogP contribution in [0.3, 0.4) is 0 Å². The zero-order valence-electron chi connectivity index (χ0n) is 9.39. The highest BCUT2D eigenvalue weighted by Crippen LogP contribution is 2.08. The summed E-state index contributed by atoms with van der Waals surface area (Å²) in [5.74, 6) is -1.80. The van der Waals surface area contributed by atoms with Crippen LogP contribution in [0.1, 0.15) is 19.3 Å². The fourth-order valence-corrected chi connectivity index (χ4v) is 1.67. The zero-order valence-corrected chi connectivity index (χ0v) is 9.39. The van der Waals surface area contributed by atoms with Gasteiger partial charge in [-0.05, 0) is 6.42 Å². The molecular formula is C10H16N2O5. The molecule has 0 saturated carbocycles. The van der Waals surface area contributed by atoms with Crippen LogP contribution in [0.2, 0.25) is 0 Å². The first-order valence-corrected chi connectivity index (χ1v) is 5.45. The van der Waals surface area contributed by atoms with Crippen LogP contribution in [0, 0.1) is 0 Å². The molecule has 0 spiro atoms. The number of carbonyl (C=O) groups is 3. The highest BCUT2D eigenvalue weighted by Gasteiger charge is 2.25. The summed E-state index contributed by atoms with van der Waals surface area (Å²) >= 11 is 0. The van der Waals surface area contributed by atoms with Gasteiger partial charge in [0.15, 0.2) is 0 Å². The molecule has 7 heteroatoms. The largest absolute Gasteiger partial charge is 0.480 e. The van der Waals surface area contributed by atoms with Crippen LogP contribution in [-0.2, 0) is 14.4 Å². The highest BCUT2D eigenvalue weighted by atomic mass is 16.4. The van der Waals surface area contributed by atoms with E-state index in [1.54, 1.807) is 0 Å². The summed E-state index contributed by atoms with van der Waals surface area (Å²) < 4.78 is 0. The average Bonchev–Trinajstić information content (AvgIpc) is 2.63. The van der Waals surface area contributed by atoms with Crippen molar-refractivity contribution in [2.45, 2.75) is 25.3 Å². The maximum absolute atomic E-state index is 11.5. The molecule has 0 radical (unpaired) electrons. The number of aliphatic carboxylic acids is 1. The first-order valence-electron chi connectivity index (χ1n) is 5.45. The van der Waals surface area contributed by atoms with Gasteiger partial charge in [-0.3, -0.25) is 9.59 Å². The fourth-order valence-electron chi connectivity index (χ4n) is 1.67. The van der Waals surface area contributed by atoms with Crippen LogP contribution in [0.15, 0.2) is 0 Å². The van der Waals surface area contributed by atoms with E-state index in [2.05, 4.69) is 5.32 Å². The third kappa shape index (κ3) is 4.03. The molecule has 7 nitrogen and oxygen atoms in total. The summed E-state index contributed by atoms with van der Waals surface area (Å²) in [6.07, 6.45) is 1.12. The van der Waals surface area contributed by atoms with Crippen LogP contribution >= 0.6 is 0 Å². The zero-order chi connectivity index (χ0) is 12.8. The van der Waals surface area contributed by atoms with Crippen LogP contribution in [0.25, 0.3) is 0 Å². The lowest BCUT2D eigenvalue weighted by molar-refractivity contribution is -0.142. The molecule has 1 atom stereocenters. The highest BCUT2D eigenvalue weighted by molar-refractivity contribution is 5.88. The average molecular weight is 244 g/mol. The van der Waals surface area contributed by atoms with Crippen molar-refractivity contribution in [3.05, 3.63) is 0 Å². The molecule has 0 unspecified atom stereocenters. The molecule has 1 fully saturated rings. The Morgan fingerprint density at radius 3 is 2.65 bits per heavy atom. The molecule has 0 bridgehead atoms. The van der Waals surface area contributed by atoms with Crippen molar-refractivity contribution in [1.82, 2.24) is 10.2 Å². The first-order chi connectivity index (χ1) is 8.04. The molecule has 3 N–H and O–H groups in total. The summed E-state index contributed by atoms with van der Waals surface area (Å²) in [7, 11) is 0. The minimum absolute atomic E-state index is 0.0466. The number of carboxylic acids is 1. The third-order valence-electron chi connectivity index (χ3n) is 2.56. The second-order valence-corrected chi connectivity index (χ2v) is 3.89. The van der Waals surface area contributed by atoms with E-state index in [1.165, 1.54) is 4.90 Å². The van der Waals surface area contributed by atoms with E-state index in [0.29, 0.717) is 13.0 Å². The van der Waals surface area contributed by atoms with E-state index >= 15 is 0 Å². The van der Waals surface area contributed by atoms with Crippen molar-refractivity contribution in [2.75, 3.05) is 19.7 Å². The summed E-state index contributed by atoms with van der Waals surface area (Å²) in [5.41, 5.74) is 0. The Bertz CT molecular complexity index is 318. The van der Waals surface area contributed by atoms with Gasteiger partial charge in [0.1, 0.15) is 6.04 Å². The lowest BCUT2D eigenvalue weighted by Crippen LogP contribution is -2.46. The van der Waals surface area contributed by atoms with Gasteiger partial charge < -0.3 is 20.4 Å². The number of nitrogens with zero attached hydrogens (tertiary/aromatic N) is 1. The maximum Gasteiger partial charge on any atom is 0.326 e. The Balaban J connectivity index is 2.41. The Labute approximate surface area is 98.4 Å². The summed E-state index contributed by atoms with van der Waals surface area (Å²) in [4.78, 5) is 34.8. The van der Waals surface area contributed by atoms with Gasteiger partial charge in [-0.15, -0.1) is 0 Å². The Morgan fingerprint density at radius 2 is 2.18 bits per heavy atom. The maximum atomic E-state index is 11.5. The normalized spacial score (nSPS) is 17.0. The topological polar surface area (TPSA) is 107 Å². The summed E-state index contributed by atoms with van der Waals surface area (Å²) in [6, 6.07) is -1.11. The van der Waals surface area contributed by atoms with Gasteiger partial charge in [-0.25, -0.2) is 4.79 Å². The molecule has 1 aliphatic rings. The van der Waals surface area contributed by atoms with E-state index in [9.17, 15) is 14.4 Å². The van der Waals surface area contributed by atoms with Crippen molar-refractivity contribution in [3.63, 3.8) is 0 Å². The second kappa shape index (κ2) is 6.19. The monoisotopic (exact) mass is 244 g/mol. The number of rotatable bonds is 6. The van der Waals surface area contributed by atoms with Crippen LogP contribution in [-0.4, -0.2) is 58.6 Å². The quantitative estimate of drug-likeness (QED) is 0.530. The summed E-state index contributed by atoms with van der Waals surface area (Å²) in [6.45, 7) is 0.0952. The second-order valence-electron chi connectivity index (χ2n) is 3.89. The molecule has 0 aromatic heterocycles. The molecule has 96 valence electrons. The molecule has 0 aromatic rings. The summed E-state index contributed by atoms with van der Waals surface area (Å²) in [5, 5.41) is 19.7. The molecule has 1 rings (SSSR count). The predicted molar refractivity (Wildman–Crippen MR) is 57.1 cm³/mol. The SMILES string of the molecule is O=C(CN1CCCC1=O)N[C@H](CCO)C(=O)O. The molecule has 2 amide bonds. The van der Waals surface area contributed by atoms with Gasteiger partial charge in [0.2, 0.25) is 11.8 Å². The van der Waals surface area contributed by atoms with Crippen molar-refractivity contribution < 1.29 is 24.6 Å². The van der Waals surface area contributed by atoms with Crippen molar-refractivity contribution in [2.24, 2.45) is 0 Å². The van der Waals surface area contributed by atoms with Crippen LogP contribution in [0.5, 0.6) is 0 Å². The molecular weight excluding hydrogens is 228 g/mol. The molecule has 17 heavy (non-hydrogen) atoms. The van der Waals surface area contributed by atoms with Gasteiger partial charge in [0, 0.05) is 26.0 Å². The minimum Gasteiger partial charge on any atom is -0.480 e. The number of amides is 2. The third-order valence-corrected chi connectivity index (χ3v) is 2.56. The number of aliphatic hydroxyl groups is 1. The van der Waals surface area contributed by atoms with E-state index in [-0.39, 0.29) is 25.5 Å². The van der Waals surface area contributed by atoms with Crippen molar-refractivity contribution in [1.29, 1.82) is 0 Å². The molecule has 0 aliphatic carbocycles. The molecule has 1 saturated heterocycles.